The molecule has 1 atom stereocenters. The molecule has 0 radical (unpaired) electrons. The zero-order chi connectivity index (χ0) is 30.9. The van der Waals surface area contributed by atoms with Gasteiger partial charge in [-0.2, -0.15) is 0 Å². The van der Waals surface area contributed by atoms with Gasteiger partial charge in [-0.15, -0.1) is 0 Å². The van der Waals surface area contributed by atoms with Crippen molar-refractivity contribution >= 4 is 57.1 Å². The number of likely N-dealkylation sites (tertiary alicyclic amines) is 1. The van der Waals surface area contributed by atoms with E-state index < -0.39 is 23.7 Å². The van der Waals surface area contributed by atoms with Crippen LogP contribution in [0.1, 0.15) is 39.2 Å². The number of carbonyl (C=O) groups excluding carboxylic acids is 2. The minimum absolute atomic E-state index is 0.0205. The summed E-state index contributed by atoms with van der Waals surface area (Å²) in [6.07, 6.45) is -0.628. The fourth-order valence-electron chi connectivity index (χ4n) is 4.23. The Bertz CT molecular complexity index is 1200. The summed E-state index contributed by atoms with van der Waals surface area (Å²) in [6.45, 7) is 7.49. The van der Waals surface area contributed by atoms with Crippen LogP contribution in [0.4, 0.5) is 21.0 Å². The van der Waals surface area contributed by atoms with Gasteiger partial charge in [0, 0.05) is 24.2 Å². The highest BCUT2D eigenvalue weighted by atomic mass is 79.9. The molecule has 1 fully saturated rings. The highest BCUT2D eigenvalue weighted by molar-refractivity contribution is 9.10. The summed E-state index contributed by atoms with van der Waals surface area (Å²) in [5.41, 5.74) is 7.51. The summed E-state index contributed by atoms with van der Waals surface area (Å²) < 4.78 is 17.2. The number of anilines is 2. The van der Waals surface area contributed by atoms with Gasteiger partial charge in [-0.05, 0) is 51.3 Å². The minimum atomic E-state index is -1.20. The number of aliphatic carboxylic acids is 1. The molecule has 1 heterocycles. The second kappa shape index (κ2) is 15.3. The van der Waals surface area contributed by atoms with E-state index >= 15 is 0 Å². The Hall–Kier alpha value is -3.22. The maximum atomic E-state index is 12.3. The average molecular weight is 670 g/mol. The van der Waals surface area contributed by atoms with Crippen molar-refractivity contribution in [3.63, 3.8) is 0 Å². The Morgan fingerprint density at radius 3 is 2.50 bits per heavy atom. The molecule has 0 unspecified atom stereocenters. The highest BCUT2D eigenvalue weighted by Crippen LogP contribution is 2.35. The van der Waals surface area contributed by atoms with Crippen molar-refractivity contribution in [2.45, 2.75) is 58.0 Å². The van der Waals surface area contributed by atoms with E-state index in [9.17, 15) is 19.5 Å². The minimum Gasteiger partial charge on any atom is -0.480 e. The molecule has 42 heavy (non-hydrogen) atoms. The number of hydrogen-bond acceptors (Lipinski definition) is 8. The fourth-order valence-corrected chi connectivity index (χ4v) is 5.18. The molecule has 2 aromatic rings. The second-order valence-corrected chi connectivity index (χ2v) is 12.3. The normalized spacial score (nSPS) is 14.1. The van der Waals surface area contributed by atoms with Gasteiger partial charge in [-0.1, -0.05) is 57.9 Å². The van der Waals surface area contributed by atoms with E-state index in [0.717, 1.165) is 5.56 Å². The second-order valence-electron chi connectivity index (χ2n) is 10.9. The van der Waals surface area contributed by atoms with Gasteiger partial charge in [0.15, 0.2) is 0 Å². The number of alkyl carbamates (subject to hydrolysis) is 1. The van der Waals surface area contributed by atoms with Crippen molar-refractivity contribution in [2.75, 3.05) is 43.4 Å². The zero-order valence-corrected chi connectivity index (χ0v) is 26.3. The van der Waals surface area contributed by atoms with Crippen LogP contribution in [0, 0.1) is 0 Å². The summed E-state index contributed by atoms with van der Waals surface area (Å²) in [4.78, 5) is 39.9. The summed E-state index contributed by atoms with van der Waals surface area (Å²) in [6, 6.07) is 11.3. The van der Waals surface area contributed by atoms with Crippen LogP contribution < -0.4 is 16.0 Å². The van der Waals surface area contributed by atoms with Crippen LogP contribution in [0.3, 0.4) is 0 Å². The van der Waals surface area contributed by atoms with Crippen LogP contribution in [0.2, 0.25) is 5.02 Å². The molecule has 13 heteroatoms. The lowest BCUT2D eigenvalue weighted by Crippen LogP contribution is -2.56. The van der Waals surface area contributed by atoms with E-state index in [2.05, 4.69) is 21.2 Å². The first-order chi connectivity index (χ1) is 19.8. The third-order valence-corrected chi connectivity index (χ3v) is 7.04. The van der Waals surface area contributed by atoms with Crippen molar-refractivity contribution < 1.29 is 33.7 Å². The number of amides is 2. The predicted molar refractivity (Wildman–Crippen MR) is 164 cm³/mol. The van der Waals surface area contributed by atoms with E-state index in [1.54, 1.807) is 29.2 Å². The molecule has 1 aliphatic heterocycles. The number of halogens is 2. The quantitative estimate of drug-likeness (QED) is 0.192. The number of nitrogens with one attached hydrogen (secondary N) is 1. The summed E-state index contributed by atoms with van der Waals surface area (Å²) >= 11 is 9.92. The van der Waals surface area contributed by atoms with Crippen LogP contribution in [-0.4, -0.2) is 78.7 Å². The molecule has 0 saturated carbocycles. The number of rotatable bonds is 13. The molecular weight excluding hydrogens is 632 g/mol. The topological polar surface area (TPSA) is 144 Å². The molecule has 1 aliphatic rings. The van der Waals surface area contributed by atoms with Gasteiger partial charge < -0.3 is 40.2 Å². The molecule has 0 spiro atoms. The molecule has 0 bridgehead atoms. The summed E-state index contributed by atoms with van der Waals surface area (Å²) in [7, 11) is 0. The molecule has 2 aromatic carbocycles. The Morgan fingerprint density at radius 1 is 1.19 bits per heavy atom. The van der Waals surface area contributed by atoms with Crippen LogP contribution in [0.5, 0.6) is 0 Å². The molecule has 11 nitrogen and oxygen atoms in total. The number of nitrogens with two attached hydrogens (primary N) is 1. The van der Waals surface area contributed by atoms with Crippen molar-refractivity contribution in [3.05, 3.63) is 57.5 Å². The molecule has 4 N–H and O–H groups in total. The summed E-state index contributed by atoms with van der Waals surface area (Å²) in [5.74, 6) is -1.19. The van der Waals surface area contributed by atoms with Gasteiger partial charge in [-0.25, -0.2) is 14.4 Å². The Kier molecular flexibility index (Phi) is 12.1. The maximum absolute atomic E-state index is 12.3. The van der Waals surface area contributed by atoms with Crippen LogP contribution in [0.25, 0.3) is 0 Å². The van der Waals surface area contributed by atoms with Gasteiger partial charge >= 0.3 is 18.2 Å². The van der Waals surface area contributed by atoms with E-state index in [0.29, 0.717) is 53.5 Å². The zero-order valence-electron chi connectivity index (χ0n) is 24.0. The number of carbonyl (C=O) groups is 3. The average Bonchev–Trinajstić information content (AvgIpc) is 2.86. The van der Waals surface area contributed by atoms with Crippen molar-refractivity contribution in [1.29, 1.82) is 0 Å². The lowest BCUT2D eigenvalue weighted by Gasteiger charge is -2.39. The van der Waals surface area contributed by atoms with Gasteiger partial charge in [0.05, 0.1) is 35.6 Å². The number of carboxylic acid groups (broad SMARTS) is 1. The van der Waals surface area contributed by atoms with Crippen LogP contribution >= 0.6 is 27.5 Å². The molecule has 3 rings (SSSR count). The first-order valence-corrected chi connectivity index (χ1v) is 14.8. The first kappa shape index (κ1) is 33.3. The van der Waals surface area contributed by atoms with Crippen LogP contribution in [-0.2, 0) is 25.6 Å². The van der Waals surface area contributed by atoms with Gasteiger partial charge in [0.25, 0.3) is 0 Å². The number of carboxylic acids is 1. The predicted octanol–water partition coefficient (Wildman–Crippen LogP) is 5.29. The summed E-state index contributed by atoms with van der Waals surface area (Å²) in [5, 5.41) is 12.6. The molecule has 0 aliphatic carbocycles. The molecule has 230 valence electrons. The largest absolute Gasteiger partial charge is 0.480 e. The van der Waals surface area contributed by atoms with Crippen molar-refractivity contribution in [3.8, 4) is 0 Å². The van der Waals surface area contributed by atoms with Gasteiger partial charge in [0.2, 0.25) is 0 Å². The van der Waals surface area contributed by atoms with E-state index in [1.165, 1.54) is 0 Å². The Morgan fingerprint density at radius 2 is 1.88 bits per heavy atom. The molecule has 2 amide bonds. The number of benzene rings is 2. The standard InChI is InChI=1S/C29H38BrClN4O7/c1-29(2,3)42-28(39)35-16-21(17-35)40-13-7-11-34(25-22(31)14-20(30)15-23(25)32)12-10-24(26(36)37)33-27(38)41-18-19-8-5-4-6-9-19/h4-6,8-9,14-15,21,24H,7,10-13,16-18,32H2,1-3H3,(H,33,38)(H,36,37)/t24-/m0/s1. The molecule has 1 saturated heterocycles. The third-order valence-electron chi connectivity index (χ3n) is 6.29. The first-order valence-electron chi connectivity index (χ1n) is 13.6. The Labute approximate surface area is 259 Å². The Balaban J connectivity index is 1.54. The number of nitrogens with zero attached hydrogens (tertiary/aromatic N) is 2. The highest BCUT2D eigenvalue weighted by Gasteiger charge is 2.34. The van der Waals surface area contributed by atoms with E-state index in [-0.39, 0.29) is 31.8 Å². The monoisotopic (exact) mass is 668 g/mol. The van der Waals surface area contributed by atoms with Crippen molar-refractivity contribution in [2.24, 2.45) is 0 Å². The number of ether oxygens (including phenoxy) is 3. The number of hydrogen-bond donors (Lipinski definition) is 3. The smallest absolute Gasteiger partial charge is 0.410 e. The SMILES string of the molecule is CC(C)(C)OC(=O)N1CC(OCCCN(CC[C@H](NC(=O)OCc2ccccc2)C(=O)O)c2c(N)cc(Br)cc2Cl)C1. The van der Waals surface area contributed by atoms with Gasteiger partial charge in [0.1, 0.15) is 18.2 Å². The van der Waals surface area contributed by atoms with E-state index in [4.69, 9.17) is 31.5 Å². The number of nitrogen functional groups attached to an aromatic ring is 1. The fraction of sp³-hybridized carbons (Fsp3) is 0.483. The third kappa shape index (κ3) is 10.6. The van der Waals surface area contributed by atoms with Crippen molar-refractivity contribution in [1.82, 2.24) is 10.2 Å². The van der Waals surface area contributed by atoms with E-state index in [1.807, 2.05) is 43.9 Å². The lowest BCUT2D eigenvalue weighted by molar-refractivity contribution is -0.139. The lowest BCUT2D eigenvalue weighted by atomic mass is 10.1. The van der Waals surface area contributed by atoms with Gasteiger partial charge in [-0.3, -0.25) is 0 Å². The molecular formula is C29H38BrClN4O7. The molecule has 0 aromatic heterocycles. The maximum Gasteiger partial charge on any atom is 0.410 e. The van der Waals surface area contributed by atoms with Crippen LogP contribution in [0.15, 0.2) is 46.9 Å².